The van der Waals surface area contributed by atoms with Crippen LogP contribution in [0.25, 0.3) is 15.7 Å². The Bertz CT molecular complexity index is 776. The van der Waals surface area contributed by atoms with Gasteiger partial charge in [-0.3, -0.25) is 4.57 Å². The quantitative estimate of drug-likeness (QED) is 0.641. The van der Waals surface area contributed by atoms with E-state index in [-0.39, 0.29) is 0 Å². The first-order valence-electron chi connectivity index (χ1n) is 6.98. The second kappa shape index (κ2) is 5.44. The normalized spacial score (nSPS) is 12.2. The van der Waals surface area contributed by atoms with E-state index in [1.165, 1.54) is 4.57 Å². The third-order valence-electron chi connectivity index (χ3n) is 3.30. The molecular formula is C17H19BrN2O2. The van der Waals surface area contributed by atoms with Crippen molar-refractivity contribution in [2.45, 2.75) is 45.8 Å². The molecule has 0 spiro atoms. The Morgan fingerprint density at radius 1 is 1.27 bits per heavy atom. The number of halogens is 1. The van der Waals surface area contributed by atoms with Gasteiger partial charge >= 0.3 is 6.09 Å². The van der Waals surface area contributed by atoms with Crippen molar-refractivity contribution in [3.8, 4) is 0 Å². The van der Waals surface area contributed by atoms with Crippen molar-refractivity contribution in [3.05, 3.63) is 45.8 Å². The Morgan fingerprint density at radius 3 is 2.45 bits per heavy atom. The smallest absolute Gasteiger partial charge is 0.419 e. The number of hydrogen-bond donors (Lipinski definition) is 0. The second-order valence-corrected chi connectivity index (χ2v) is 7.64. The van der Waals surface area contributed by atoms with Crippen LogP contribution in [-0.2, 0) is 10.3 Å². The molecule has 22 heavy (non-hydrogen) atoms. The zero-order valence-corrected chi connectivity index (χ0v) is 15.0. The molecule has 1 aromatic heterocycles. The van der Waals surface area contributed by atoms with Crippen LogP contribution >= 0.6 is 15.9 Å². The summed E-state index contributed by atoms with van der Waals surface area (Å²) < 4.78 is 7.81. The predicted octanol–water partition coefficient (Wildman–Crippen LogP) is 5.34. The van der Waals surface area contributed by atoms with Crippen LogP contribution in [0.3, 0.4) is 0 Å². The van der Waals surface area contributed by atoms with Gasteiger partial charge in [-0.1, -0.05) is 22.0 Å². The summed E-state index contributed by atoms with van der Waals surface area (Å²) in [5, 5.41) is 0.884. The van der Waals surface area contributed by atoms with E-state index in [4.69, 9.17) is 11.3 Å². The maximum Gasteiger partial charge on any atom is 0.419 e. The highest BCUT2D eigenvalue weighted by Crippen LogP contribution is 2.34. The largest absolute Gasteiger partial charge is 0.443 e. The molecule has 4 nitrogen and oxygen atoms in total. The standard InChI is InChI=1S/C17H19BrN2O2/c1-16(2,3)22-15(21)20-10-13(17(4,5)19-6)12-8-7-11(18)9-14(12)20/h7-10H,1-5H3. The first-order chi connectivity index (χ1) is 10.0. The highest BCUT2D eigenvalue weighted by Gasteiger charge is 2.32. The van der Waals surface area contributed by atoms with Crippen molar-refractivity contribution in [1.82, 2.24) is 4.57 Å². The van der Waals surface area contributed by atoms with Crippen LogP contribution in [0.2, 0.25) is 0 Å². The fraction of sp³-hybridized carbons (Fsp3) is 0.412. The lowest BCUT2D eigenvalue weighted by Crippen LogP contribution is -2.26. The van der Waals surface area contributed by atoms with E-state index in [0.717, 1.165) is 20.9 Å². The van der Waals surface area contributed by atoms with Crippen LogP contribution in [0.5, 0.6) is 0 Å². The SMILES string of the molecule is [C-]#[N+]C(C)(C)c1cn(C(=O)OC(C)(C)C)c2cc(Br)ccc12. The van der Waals surface area contributed by atoms with Gasteiger partial charge in [-0.15, -0.1) is 0 Å². The van der Waals surface area contributed by atoms with Gasteiger partial charge in [-0.2, -0.15) is 0 Å². The van der Waals surface area contributed by atoms with Crippen LogP contribution in [-0.4, -0.2) is 16.3 Å². The van der Waals surface area contributed by atoms with Crippen LogP contribution in [0.1, 0.15) is 40.2 Å². The second-order valence-electron chi connectivity index (χ2n) is 6.73. The molecule has 1 aromatic carbocycles. The van der Waals surface area contributed by atoms with Crippen LogP contribution in [0.4, 0.5) is 4.79 Å². The molecule has 2 rings (SSSR count). The summed E-state index contributed by atoms with van der Waals surface area (Å²) in [5.41, 5.74) is 0.264. The Morgan fingerprint density at radius 2 is 1.91 bits per heavy atom. The lowest BCUT2D eigenvalue weighted by Gasteiger charge is -2.19. The molecule has 0 amide bonds. The van der Waals surface area contributed by atoms with Crippen molar-refractivity contribution < 1.29 is 9.53 Å². The molecule has 0 saturated heterocycles. The number of nitrogens with zero attached hydrogens (tertiary/aromatic N) is 2. The van der Waals surface area contributed by atoms with Gasteiger partial charge in [-0.25, -0.2) is 11.4 Å². The number of carbonyl (C=O) groups excluding carboxylic acids is 1. The number of ether oxygens (including phenoxy) is 1. The van der Waals surface area contributed by atoms with Gasteiger partial charge in [0.15, 0.2) is 0 Å². The summed E-state index contributed by atoms with van der Waals surface area (Å²) in [4.78, 5) is 16.1. The average molecular weight is 363 g/mol. The van der Waals surface area contributed by atoms with Crippen LogP contribution in [0, 0.1) is 6.57 Å². The van der Waals surface area contributed by atoms with Crippen LogP contribution in [0.15, 0.2) is 28.9 Å². The van der Waals surface area contributed by atoms with Gasteiger partial charge in [-0.05, 0) is 32.9 Å². The molecule has 0 saturated carbocycles. The number of carbonyl (C=O) groups is 1. The Labute approximate surface area is 139 Å². The summed E-state index contributed by atoms with van der Waals surface area (Å²) in [6, 6.07) is 5.69. The van der Waals surface area contributed by atoms with E-state index in [1.807, 2.05) is 52.8 Å². The highest BCUT2D eigenvalue weighted by molar-refractivity contribution is 9.10. The molecule has 0 unspecified atom stereocenters. The van der Waals surface area contributed by atoms with Crippen molar-refractivity contribution in [1.29, 1.82) is 0 Å². The van der Waals surface area contributed by atoms with Gasteiger partial charge in [0.1, 0.15) is 5.60 Å². The zero-order valence-electron chi connectivity index (χ0n) is 13.4. The van der Waals surface area contributed by atoms with E-state index in [9.17, 15) is 4.79 Å². The molecule has 0 fully saturated rings. The monoisotopic (exact) mass is 362 g/mol. The maximum atomic E-state index is 12.5. The van der Waals surface area contributed by atoms with Gasteiger partial charge in [0.05, 0.1) is 11.1 Å². The predicted molar refractivity (Wildman–Crippen MR) is 90.9 cm³/mol. The molecular weight excluding hydrogens is 344 g/mol. The van der Waals surface area contributed by atoms with E-state index in [1.54, 1.807) is 6.20 Å². The van der Waals surface area contributed by atoms with Crippen molar-refractivity contribution in [2.24, 2.45) is 0 Å². The van der Waals surface area contributed by atoms with Crippen LogP contribution < -0.4 is 0 Å². The molecule has 116 valence electrons. The van der Waals surface area contributed by atoms with Crippen molar-refractivity contribution in [2.75, 3.05) is 0 Å². The Hall–Kier alpha value is -1.80. The third kappa shape index (κ3) is 3.17. The topological polar surface area (TPSA) is 35.6 Å². The Balaban J connectivity index is 2.68. The van der Waals surface area contributed by atoms with Gasteiger partial charge < -0.3 is 9.58 Å². The summed E-state index contributed by atoms with van der Waals surface area (Å²) in [5.74, 6) is 0. The Kier molecular flexibility index (Phi) is 4.09. The molecule has 0 aliphatic heterocycles. The number of rotatable bonds is 1. The summed E-state index contributed by atoms with van der Waals surface area (Å²) >= 11 is 3.43. The van der Waals surface area contributed by atoms with E-state index >= 15 is 0 Å². The first kappa shape index (κ1) is 16.6. The van der Waals surface area contributed by atoms with E-state index in [2.05, 4.69) is 20.8 Å². The minimum atomic E-state index is -0.709. The van der Waals surface area contributed by atoms with Gasteiger partial charge in [0, 0.05) is 29.9 Å². The molecule has 0 aliphatic rings. The lowest BCUT2D eigenvalue weighted by molar-refractivity contribution is 0.0544. The molecule has 2 aromatic rings. The molecule has 1 heterocycles. The molecule has 0 radical (unpaired) electrons. The minimum absolute atomic E-state index is 0.442. The van der Waals surface area contributed by atoms with E-state index < -0.39 is 17.2 Å². The number of aromatic nitrogens is 1. The van der Waals surface area contributed by atoms with Gasteiger partial charge in [0.2, 0.25) is 0 Å². The number of hydrogen-bond acceptors (Lipinski definition) is 2. The molecule has 0 atom stereocenters. The molecule has 5 heteroatoms. The van der Waals surface area contributed by atoms with E-state index in [0.29, 0.717) is 0 Å². The zero-order chi connectivity index (χ0) is 16.7. The van der Waals surface area contributed by atoms with Crippen molar-refractivity contribution in [3.63, 3.8) is 0 Å². The van der Waals surface area contributed by atoms with Gasteiger partial charge in [0.25, 0.3) is 5.54 Å². The third-order valence-corrected chi connectivity index (χ3v) is 3.79. The molecule has 0 bridgehead atoms. The first-order valence-corrected chi connectivity index (χ1v) is 7.77. The highest BCUT2D eigenvalue weighted by atomic mass is 79.9. The summed E-state index contributed by atoms with van der Waals surface area (Å²) in [6.07, 6.45) is 1.27. The summed E-state index contributed by atoms with van der Waals surface area (Å²) in [6.45, 7) is 16.6. The summed E-state index contributed by atoms with van der Waals surface area (Å²) in [7, 11) is 0. The number of benzene rings is 1. The fourth-order valence-electron chi connectivity index (χ4n) is 2.21. The van der Waals surface area contributed by atoms with Crippen molar-refractivity contribution >= 4 is 32.9 Å². The molecule has 0 N–H and O–H groups in total. The lowest BCUT2D eigenvalue weighted by atomic mass is 9.95. The fourth-order valence-corrected chi connectivity index (χ4v) is 2.56. The number of fused-ring (bicyclic) bond motifs is 1. The molecule has 0 aliphatic carbocycles. The minimum Gasteiger partial charge on any atom is -0.443 e. The maximum absolute atomic E-state index is 12.5. The average Bonchev–Trinajstić information content (AvgIpc) is 2.76.